The van der Waals surface area contributed by atoms with Crippen LogP contribution in [-0.4, -0.2) is 35.4 Å². The number of ether oxygens (including phenoxy) is 1. The number of amides is 2. The van der Waals surface area contributed by atoms with Crippen LogP contribution in [0.15, 0.2) is 53.0 Å². The van der Waals surface area contributed by atoms with Gasteiger partial charge >= 0.3 is 0 Å². The molecule has 0 bridgehead atoms. The van der Waals surface area contributed by atoms with E-state index in [0.717, 1.165) is 10.0 Å². The van der Waals surface area contributed by atoms with Gasteiger partial charge in [-0.3, -0.25) is 9.59 Å². The number of halogens is 2. The first-order valence-electron chi connectivity index (χ1n) is 8.99. The first-order valence-corrected chi connectivity index (χ1v) is 10.2. The second-order valence-corrected chi connectivity index (χ2v) is 8.03. The van der Waals surface area contributed by atoms with E-state index in [9.17, 15) is 9.59 Å². The van der Waals surface area contributed by atoms with E-state index in [0.29, 0.717) is 17.3 Å². The Morgan fingerprint density at radius 1 is 1.11 bits per heavy atom. The molecule has 7 heteroatoms. The summed E-state index contributed by atoms with van der Waals surface area (Å²) >= 11 is 9.48. The number of rotatable bonds is 8. The number of carbonyl (C=O) groups is 2. The van der Waals surface area contributed by atoms with Gasteiger partial charge in [0.15, 0.2) is 6.61 Å². The van der Waals surface area contributed by atoms with Crippen LogP contribution >= 0.6 is 27.5 Å². The van der Waals surface area contributed by atoms with Gasteiger partial charge in [-0.15, -0.1) is 0 Å². The summed E-state index contributed by atoms with van der Waals surface area (Å²) in [5.41, 5.74) is 0.915. The molecule has 0 heterocycles. The summed E-state index contributed by atoms with van der Waals surface area (Å²) in [5.74, 6) is -0.0761. The van der Waals surface area contributed by atoms with Gasteiger partial charge in [-0.25, -0.2) is 0 Å². The maximum atomic E-state index is 12.9. The van der Waals surface area contributed by atoms with E-state index in [-0.39, 0.29) is 24.5 Å². The average Bonchev–Trinajstić information content (AvgIpc) is 2.65. The van der Waals surface area contributed by atoms with E-state index in [2.05, 4.69) is 21.2 Å². The summed E-state index contributed by atoms with van der Waals surface area (Å²) < 4.78 is 6.53. The Hall–Kier alpha value is -2.05. The first kappa shape index (κ1) is 22.2. The normalized spacial score (nSPS) is 11.8. The molecule has 28 heavy (non-hydrogen) atoms. The molecule has 1 atom stereocenters. The summed E-state index contributed by atoms with van der Waals surface area (Å²) in [7, 11) is 0. The molecule has 0 aromatic heterocycles. The predicted octanol–water partition coefficient (Wildman–Crippen LogP) is 4.42. The number of nitrogens with zero attached hydrogens (tertiary/aromatic N) is 1. The van der Waals surface area contributed by atoms with Gasteiger partial charge in [0.2, 0.25) is 5.91 Å². The molecule has 0 saturated carbocycles. The summed E-state index contributed by atoms with van der Waals surface area (Å²) in [4.78, 5) is 26.9. The SMILES string of the molecule is CC(C)NC(=O)[C@H](C)N(Cc1ccc(Br)cc1)C(=O)COc1ccccc1Cl. The fourth-order valence-corrected chi connectivity index (χ4v) is 3.01. The van der Waals surface area contributed by atoms with Crippen molar-refractivity contribution in [1.82, 2.24) is 10.2 Å². The minimum atomic E-state index is -0.645. The van der Waals surface area contributed by atoms with Crippen molar-refractivity contribution in [3.63, 3.8) is 0 Å². The third-order valence-electron chi connectivity index (χ3n) is 4.05. The number of carbonyl (C=O) groups excluding carboxylic acids is 2. The minimum absolute atomic E-state index is 0.0149. The molecule has 0 unspecified atom stereocenters. The van der Waals surface area contributed by atoms with E-state index >= 15 is 0 Å². The standard InChI is InChI=1S/C21H24BrClN2O3/c1-14(2)24-21(27)15(3)25(12-16-8-10-17(22)11-9-16)20(26)13-28-19-7-5-4-6-18(19)23/h4-11,14-15H,12-13H2,1-3H3,(H,24,27)/t15-/m0/s1. The third kappa shape index (κ3) is 6.53. The maximum Gasteiger partial charge on any atom is 0.261 e. The molecule has 0 aliphatic heterocycles. The van der Waals surface area contributed by atoms with Crippen LogP contribution < -0.4 is 10.1 Å². The Balaban J connectivity index is 2.15. The van der Waals surface area contributed by atoms with Crippen molar-refractivity contribution >= 4 is 39.3 Å². The van der Waals surface area contributed by atoms with Crippen LogP contribution in [0.4, 0.5) is 0 Å². The fraction of sp³-hybridized carbons (Fsp3) is 0.333. The van der Waals surface area contributed by atoms with Crippen LogP contribution in [0, 0.1) is 0 Å². The maximum absolute atomic E-state index is 12.9. The monoisotopic (exact) mass is 466 g/mol. The van der Waals surface area contributed by atoms with Crippen LogP contribution in [0.2, 0.25) is 5.02 Å². The van der Waals surface area contributed by atoms with E-state index in [1.807, 2.05) is 38.1 Å². The molecule has 2 amide bonds. The Kier molecular flexibility index (Phi) is 8.33. The fourth-order valence-electron chi connectivity index (χ4n) is 2.56. The molecule has 0 radical (unpaired) electrons. The predicted molar refractivity (Wildman–Crippen MR) is 114 cm³/mol. The van der Waals surface area contributed by atoms with Crippen LogP contribution in [0.25, 0.3) is 0 Å². The zero-order valence-electron chi connectivity index (χ0n) is 16.1. The van der Waals surface area contributed by atoms with Gasteiger partial charge in [-0.05, 0) is 50.6 Å². The summed E-state index contributed by atoms with van der Waals surface area (Å²) in [6.45, 7) is 5.56. The van der Waals surface area contributed by atoms with E-state index in [4.69, 9.17) is 16.3 Å². The smallest absolute Gasteiger partial charge is 0.261 e. The minimum Gasteiger partial charge on any atom is -0.482 e. The second kappa shape index (κ2) is 10.5. The second-order valence-electron chi connectivity index (χ2n) is 6.71. The Labute approximate surface area is 179 Å². The number of nitrogens with one attached hydrogen (secondary N) is 1. The molecule has 1 N–H and O–H groups in total. The average molecular weight is 468 g/mol. The highest BCUT2D eigenvalue weighted by Gasteiger charge is 2.27. The lowest BCUT2D eigenvalue weighted by molar-refractivity contribution is -0.142. The molecular weight excluding hydrogens is 444 g/mol. The molecule has 5 nitrogen and oxygen atoms in total. The largest absolute Gasteiger partial charge is 0.482 e. The van der Waals surface area contributed by atoms with E-state index in [1.54, 1.807) is 31.2 Å². The van der Waals surface area contributed by atoms with Gasteiger partial charge in [0.1, 0.15) is 11.8 Å². The van der Waals surface area contributed by atoms with Gasteiger partial charge in [0.05, 0.1) is 5.02 Å². The van der Waals surface area contributed by atoms with Crippen LogP contribution in [0.5, 0.6) is 5.75 Å². The topological polar surface area (TPSA) is 58.6 Å². The number of hydrogen-bond donors (Lipinski definition) is 1. The summed E-state index contributed by atoms with van der Waals surface area (Å²) in [6.07, 6.45) is 0. The first-order chi connectivity index (χ1) is 13.3. The quantitative estimate of drug-likeness (QED) is 0.625. The summed E-state index contributed by atoms with van der Waals surface area (Å²) in [6, 6.07) is 13.9. The molecule has 0 aliphatic carbocycles. The van der Waals surface area contributed by atoms with Crippen molar-refractivity contribution in [2.75, 3.05) is 6.61 Å². The number of para-hydroxylation sites is 1. The van der Waals surface area contributed by atoms with Crippen molar-refractivity contribution < 1.29 is 14.3 Å². The third-order valence-corrected chi connectivity index (χ3v) is 4.89. The van der Waals surface area contributed by atoms with Gasteiger partial charge < -0.3 is 15.0 Å². The lowest BCUT2D eigenvalue weighted by atomic mass is 10.1. The van der Waals surface area contributed by atoms with E-state index in [1.165, 1.54) is 4.90 Å². The highest BCUT2D eigenvalue weighted by Crippen LogP contribution is 2.23. The highest BCUT2D eigenvalue weighted by molar-refractivity contribution is 9.10. The zero-order valence-corrected chi connectivity index (χ0v) is 18.5. The highest BCUT2D eigenvalue weighted by atomic mass is 79.9. The number of benzene rings is 2. The molecule has 0 spiro atoms. The lowest BCUT2D eigenvalue weighted by Crippen LogP contribution is -2.50. The van der Waals surface area contributed by atoms with Gasteiger partial charge in [0, 0.05) is 17.1 Å². The molecule has 2 aromatic carbocycles. The van der Waals surface area contributed by atoms with Crippen molar-refractivity contribution in [2.24, 2.45) is 0 Å². The van der Waals surface area contributed by atoms with Gasteiger partial charge in [-0.1, -0.05) is 51.8 Å². The van der Waals surface area contributed by atoms with Crippen LogP contribution in [0.1, 0.15) is 26.3 Å². The zero-order chi connectivity index (χ0) is 20.7. The van der Waals surface area contributed by atoms with E-state index < -0.39 is 6.04 Å². The molecule has 0 fully saturated rings. The van der Waals surface area contributed by atoms with Crippen molar-refractivity contribution in [2.45, 2.75) is 39.4 Å². The van der Waals surface area contributed by atoms with Crippen LogP contribution in [-0.2, 0) is 16.1 Å². The molecule has 2 rings (SSSR count). The van der Waals surface area contributed by atoms with Crippen molar-refractivity contribution in [3.05, 3.63) is 63.6 Å². The molecular formula is C21H24BrClN2O3. The van der Waals surface area contributed by atoms with Crippen molar-refractivity contribution in [1.29, 1.82) is 0 Å². The van der Waals surface area contributed by atoms with Crippen molar-refractivity contribution in [3.8, 4) is 5.75 Å². The Morgan fingerprint density at radius 2 is 1.75 bits per heavy atom. The molecule has 150 valence electrons. The van der Waals surface area contributed by atoms with Gasteiger partial charge in [-0.2, -0.15) is 0 Å². The lowest BCUT2D eigenvalue weighted by Gasteiger charge is -2.29. The Morgan fingerprint density at radius 3 is 2.36 bits per heavy atom. The number of hydrogen-bond acceptors (Lipinski definition) is 3. The summed E-state index contributed by atoms with van der Waals surface area (Å²) in [5, 5.41) is 3.28. The molecule has 2 aromatic rings. The molecule has 0 saturated heterocycles. The van der Waals surface area contributed by atoms with Gasteiger partial charge in [0.25, 0.3) is 5.91 Å². The Bertz CT molecular complexity index is 812. The molecule has 0 aliphatic rings. The van der Waals surface area contributed by atoms with Crippen LogP contribution in [0.3, 0.4) is 0 Å².